The highest BCUT2D eigenvalue weighted by Gasteiger charge is 1.99. The summed E-state index contributed by atoms with van der Waals surface area (Å²) in [5.74, 6) is 1.64. The maximum atomic E-state index is 7.13. The molecule has 29 heavy (non-hydrogen) atoms. The van der Waals surface area contributed by atoms with Crippen molar-refractivity contribution in [3.05, 3.63) is 59.7 Å². The third-order valence-electron chi connectivity index (χ3n) is 4.13. The van der Waals surface area contributed by atoms with Gasteiger partial charge in [-0.15, -0.1) is 0 Å². The summed E-state index contributed by atoms with van der Waals surface area (Å²) in [7, 11) is 0. The van der Waals surface area contributed by atoms with Crippen molar-refractivity contribution in [2.75, 3.05) is 26.3 Å². The van der Waals surface area contributed by atoms with E-state index in [2.05, 4.69) is 10.6 Å². The highest BCUT2D eigenvalue weighted by Crippen LogP contribution is 2.14. The molecule has 0 saturated heterocycles. The van der Waals surface area contributed by atoms with Crippen LogP contribution in [0.1, 0.15) is 17.5 Å². The highest BCUT2D eigenvalue weighted by molar-refractivity contribution is 5.74. The first-order valence-electron chi connectivity index (χ1n) is 9.62. The molecule has 0 aliphatic carbocycles. The van der Waals surface area contributed by atoms with Crippen LogP contribution in [0.3, 0.4) is 0 Å². The summed E-state index contributed by atoms with van der Waals surface area (Å²) in [6.07, 6.45) is 2.40. The lowest BCUT2D eigenvalue weighted by molar-refractivity contribution is 0.247. The predicted octanol–water partition coefficient (Wildman–Crippen LogP) is 1.59. The van der Waals surface area contributed by atoms with Gasteiger partial charge in [0.05, 0.1) is 13.2 Å². The van der Waals surface area contributed by atoms with Gasteiger partial charge in [0, 0.05) is 19.5 Å². The van der Waals surface area contributed by atoms with Crippen molar-refractivity contribution in [3.8, 4) is 11.5 Å². The second-order valence-electron chi connectivity index (χ2n) is 6.52. The lowest BCUT2D eigenvalue weighted by Gasteiger charge is -2.10. The summed E-state index contributed by atoms with van der Waals surface area (Å²) in [5.41, 5.74) is 12.8. The van der Waals surface area contributed by atoms with Crippen molar-refractivity contribution in [2.45, 2.75) is 19.3 Å². The summed E-state index contributed by atoms with van der Waals surface area (Å²) >= 11 is 0. The van der Waals surface area contributed by atoms with E-state index in [0.29, 0.717) is 26.3 Å². The maximum absolute atomic E-state index is 7.13. The van der Waals surface area contributed by atoms with Crippen LogP contribution in [0.2, 0.25) is 0 Å². The first kappa shape index (κ1) is 21.9. The van der Waals surface area contributed by atoms with E-state index in [4.69, 9.17) is 31.8 Å². The van der Waals surface area contributed by atoms with Crippen molar-refractivity contribution in [3.63, 3.8) is 0 Å². The second-order valence-corrected chi connectivity index (χ2v) is 6.52. The fraction of sp³-hybridized carbons (Fsp3) is 0.333. The Labute approximate surface area is 171 Å². The number of ether oxygens (including phenoxy) is 2. The van der Waals surface area contributed by atoms with Gasteiger partial charge in [-0.2, -0.15) is 0 Å². The molecule has 0 fully saturated rings. The fourth-order valence-electron chi connectivity index (χ4n) is 2.63. The molecular formula is C21H30N6O2. The van der Waals surface area contributed by atoms with Crippen LogP contribution in [-0.2, 0) is 12.8 Å². The average molecular weight is 399 g/mol. The van der Waals surface area contributed by atoms with Gasteiger partial charge in [-0.1, -0.05) is 24.3 Å². The Balaban J connectivity index is 1.59. The van der Waals surface area contributed by atoms with Crippen LogP contribution in [0.25, 0.3) is 0 Å². The summed E-state index contributed by atoms with van der Waals surface area (Å²) in [5, 5.41) is 19.8. The van der Waals surface area contributed by atoms with Gasteiger partial charge < -0.3 is 31.6 Å². The molecule has 0 aromatic heterocycles. The molecule has 0 amide bonds. The Kier molecular flexibility index (Phi) is 9.14. The molecule has 8 heteroatoms. The quantitative estimate of drug-likeness (QED) is 0.182. The summed E-state index contributed by atoms with van der Waals surface area (Å²) in [4.78, 5) is 0. The van der Waals surface area contributed by atoms with Crippen LogP contribution >= 0.6 is 0 Å². The van der Waals surface area contributed by atoms with E-state index >= 15 is 0 Å². The van der Waals surface area contributed by atoms with Gasteiger partial charge in [-0.25, -0.2) is 0 Å². The molecule has 0 saturated carbocycles. The first-order chi connectivity index (χ1) is 14.0. The predicted molar refractivity (Wildman–Crippen MR) is 116 cm³/mol. The molecule has 0 spiro atoms. The Bertz CT molecular complexity index is 696. The molecule has 0 atom stereocenters. The van der Waals surface area contributed by atoms with E-state index in [9.17, 15) is 0 Å². The van der Waals surface area contributed by atoms with Gasteiger partial charge in [0.1, 0.15) is 11.5 Å². The van der Waals surface area contributed by atoms with Crippen LogP contribution in [-0.4, -0.2) is 38.2 Å². The molecule has 2 aromatic rings. The highest BCUT2D eigenvalue weighted by atomic mass is 16.5. The van der Waals surface area contributed by atoms with Crippen molar-refractivity contribution >= 4 is 11.9 Å². The minimum absolute atomic E-state index is 0.00918. The summed E-state index contributed by atoms with van der Waals surface area (Å²) in [6.45, 7) is 2.45. The summed E-state index contributed by atoms with van der Waals surface area (Å²) < 4.78 is 11.5. The molecule has 156 valence electrons. The minimum Gasteiger partial charge on any atom is -0.493 e. The molecule has 8 nitrogen and oxygen atoms in total. The van der Waals surface area contributed by atoms with Crippen LogP contribution in [0.15, 0.2) is 48.5 Å². The van der Waals surface area contributed by atoms with Gasteiger partial charge in [-0.05, 0) is 48.2 Å². The second kappa shape index (κ2) is 12.1. The van der Waals surface area contributed by atoms with Crippen LogP contribution in [0.4, 0.5) is 0 Å². The smallest absolute Gasteiger partial charge is 0.185 e. The third kappa shape index (κ3) is 9.37. The normalized spacial score (nSPS) is 10.2. The number of hydrogen-bond donors (Lipinski definition) is 6. The number of nitrogens with two attached hydrogens (primary N) is 2. The van der Waals surface area contributed by atoms with Gasteiger partial charge in [-0.3, -0.25) is 10.8 Å². The number of guanidine groups is 2. The van der Waals surface area contributed by atoms with Gasteiger partial charge in [0.2, 0.25) is 0 Å². The number of rotatable bonds is 12. The van der Waals surface area contributed by atoms with Crippen molar-refractivity contribution in [1.29, 1.82) is 10.8 Å². The molecule has 0 aliphatic rings. The summed E-state index contributed by atoms with van der Waals surface area (Å²) in [6, 6.07) is 15.9. The molecule has 0 bridgehead atoms. The van der Waals surface area contributed by atoms with E-state index < -0.39 is 0 Å². The van der Waals surface area contributed by atoms with Crippen molar-refractivity contribution in [2.24, 2.45) is 11.5 Å². The Morgan fingerprint density at radius 2 is 1.07 bits per heavy atom. The molecule has 2 aromatic carbocycles. The van der Waals surface area contributed by atoms with E-state index in [1.807, 2.05) is 48.5 Å². The fourth-order valence-corrected chi connectivity index (χ4v) is 2.63. The number of nitrogens with one attached hydrogen (secondary N) is 4. The maximum Gasteiger partial charge on any atom is 0.185 e. The molecule has 0 unspecified atom stereocenters. The lowest BCUT2D eigenvalue weighted by Crippen LogP contribution is -2.31. The molecule has 2 rings (SSSR count). The van der Waals surface area contributed by atoms with Crippen molar-refractivity contribution < 1.29 is 9.47 Å². The Morgan fingerprint density at radius 1 is 0.690 bits per heavy atom. The monoisotopic (exact) mass is 398 g/mol. The average Bonchev–Trinajstić information content (AvgIpc) is 2.69. The Hall–Kier alpha value is -3.42. The minimum atomic E-state index is -0.00918. The SMILES string of the molecule is N=C(N)NCCc1ccc(OCCCOc2ccc(CCNC(=N)N)cc2)cc1. The zero-order valence-corrected chi connectivity index (χ0v) is 16.5. The van der Waals surface area contributed by atoms with E-state index in [0.717, 1.165) is 41.9 Å². The largest absolute Gasteiger partial charge is 0.493 e. The van der Waals surface area contributed by atoms with Gasteiger partial charge in [0.15, 0.2) is 11.9 Å². The first-order valence-corrected chi connectivity index (χ1v) is 9.62. The lowest BCUT2D eigenvalue weighted by atomic mass is 10.1. The molecular weight excluding hydrogens is 368 g/mol. The zero-order valence-electron chi connectivity index (χ0n) is 16.5. The standard InChI is InChI=1S/C21H30N6O2/c22-20(23)26-12-10-16-2-6-18(7-3-16)28-14-1-15-29-19-8-4-17(5-9-19)11-13-27-21(24)25/h2-9H,1,10-15H2,(H4,22,23,26)(H4,24,25,27). The Morgan fingerprint density at radius 3 is 1.41 bits per heavy atom. The van der Waals surface area contributed by atoms with Gasteiger partial charge >= 0.3 is 0 Å². The zero-order chi connectivity index (χ0) is 20.9. The molecule has 0 heterocycles. The van der Waals surface area contributed by atoms with Crippen LogP contribution in [0, 0.1) is 10.8 Å². The topological polar surface area (TPSA) is 142 Å². The third-order valence-corrected chi connectivity index (χ3v) is 4.13. The molecule has 0 aliphatic heterocycles. The van der Waals surface area contributed by atoms with Gasteiger partial charge in [0.25, 0.3) is 0 Å². The van der Waals surface area contributed by atoms with E-state index in [1.165, 1.54) is 0 Å². The number of hydrogen-bond acceptors (Lipinski definition) is 4. The van der Waals surface area contributed by atoms with Crippen LogP contribution in [0.5, 0.6) is 11.5 Å². The van der Waals surface area contributed by atoms with E-state index in [-0.39, 0.29) is 11.9 Å². The van der Waals surface area contributed by atoms with E-state index in [1.54, 1.807) is 0 Å². The van der Waals surface area contributed by atoms with Crippen LogP contribution < -0.4 is 31.6 Å². The number of benzene rings is 2. The molecule has 0 radical (unpaired) electrons. The molecule has 8 N–H and O–H groups in total. The van der Waals surface area contributed by atoms with Crippen molar-refractivity contribution in [1.82, 2.24) is 10.6 Å².